The van der Waals surface area contributed by atoms with Crippen molar-refractivity contribution in [3.8, 4) is 17.0 Å². The van der Waals surface area contributed by atoms with Crippen molar-refractivity contribution >= 4 is 11.6 Å². The highest BCUT2D eigenvalue weighted by Gasteiger charge is 2.07. The highest BCUT2D eigenvalue weighted by molar-refractivity contribution is 5.90. The molecule has 0 radical (unpaired) electrons. The molecule has 3 aromatic rings. The summed E-state index contributed by atoms with van der Waals surface area (Å²) in [5.74, 6) is 0.718. The summed E-state index contributed by atoms with van der Waals surface area (Å²) in [7, 11) is 0. The van der Waals surface area contributed by atoms with Crippen LogP contribution in [0.1, 0.15) is 25.3 Å². The maximum absolute atomic E-state index is 12.1. The molecule has 0 unspecified atom stereocenters. The number of rotatable bonds is 8. The standard InChI is InChI=1S/C23H25N3O3/c1-3-29-20-11-9-18(10-12-20)21-13-14-23(28)26(25-21)15-5-8-22(27)24-19-7-4-6-17(2)16-19/h4,6-7,9-14,16H,3,5,8,15H2,1-2H3,(H,24,27). The summed E-state index contributed by atoms with van der Waals surface area (Å²) in [6.07, 6.45) is 0.840. The maximum Gasteiger partial charge on any atom is 0.266 e. The second-order valence-corrected chi connectivity index (χ2v) is 6.76. The molecular weight excluding hydrogens is 366 g/mol. The van der Waals surface area contributed by atoms with Crippen LogP contribution in [0.2, 0.25) is 0 Å². The Morgan fingerprint density at radius 1 is 1.10 bits per heavy atom. The van der Waals surface area contributed by atoms with Gasteiger partial charge in [0.2, 0.25) is 5.91 Å². The third-order valence-corrected chi connectivity index (χ3v) is 4.40. The Balaban J connectivity index is 1.60. The van der Waals surface area contributed by atoms with Gasteiger partial charge in [0.15, 0.2) is 0 Å². The Morgan fingerprint density at radius 3 is 2.62 bits per heavy atom. The SMILES string of the molecule is CCOc1ccc(-c2ccc(=O)n(CCCC(=O)Nc3cccc(C)c3)n2)cc1. The van der Waals surface area contributed by atoms with Gasteiger partial charge in [-0.05, 0) is 68.3 Å². The number of benzene rings is 2. The van der Waals surface area contributed by atoms with Crippen molar-refractivity contribution in [3.05, 3.63) is 76.6 Å². The van der Waals surface area contributed by atoms with Crippen molar-refractivity contribution in [3.63, 3.8) is 0 Å². The van der Waals surface area contributed by atoms with Crippen LogP contribution in [0.25, 0.3) is 11.3 Å². The van der Waals surface area contributed by atoms with Gasteiger partial charge in [-0.15, -0.1) is 0 Å². The van der Waals surface area contributed by atoms with Gasteiger partial charge in [0, 0.05) is 30.3 Å². The van der Waals surface area contributed by atoms with Crippen molar-refractivity contribution in [2.45, 2.75) is 33.2 Å². The normalized spacial score (nSPS) is 10.6. The van der Waals surface area contributed by atoms with Crippen LogP contribution in [-0.2, 0) is 11.3 Å². The quantitative estimate of drug-likeness (QED) is 0.629. The van der Waals surface area contributed by atoms with Gasteiger partial charge >= 0.3 is 0 Å². The van der Waals surface area contributed by atoms with Gasteiger partial charge in [-0.2, -0.15) is 5.10 Å². The zero-order valence-corrected chi connectivity index (χ0v) is 16.7. The maximum atomic E-state index is 12.1. The molecule has 1 aromatic heterocycles. The number of amides is 1. The Bertz CT molecular complexity index is 1030. The fourth-order valence-corrected chi connectivity index (χ4v) is 2.99. The molecule has 150 valence electrons. The molecule has 29 heavy (non-hydrogen) atoms. The summed E-state index contributed by atoms with van der Waals surface area (Å²) in [4.78, 5) is 24.3. The third-order valence-electron chi connectivity index (χ3n) is 4.40. The molecular formula is C23H25N3O3. The summed E-state index contributed by atoms with van der Waals surface area (Å²) >= 11 is 0. The zero-order chi connectivity index (χ0) is 20.6. The molecule has 0 aliphatic carbocycles. The van der Waals surface area contributed by atoms with Crippen molar-refractivity contribution in [2.24, 2.45) is 0 Å². The van der Waals surface area contributed by atoms with E-state index in [4.69, 9.17) is 4.74 Å². The lowest BCUT2D eigenvalue weighted by Gasteiger charge is -2.09. The Hall–Kier alpha value is -3.41. The number of nitrogens with one attached hydrogen (secondary N) is 1. The Kier molecular flexibility index (Phi) is 6.79. The third kappa shape index (κ3) is 5.78. The minimum absolute atomic E-state index is 0.0775. The largest absolute Gasteiger partial charge is 0.494 e. The molecule has 0 bridgehead atoms. The van der Waals surface area contributed by atoms with Crippen molar-refractivity contribution < 1.29 is 9.53 Å². The van der Waals surface area contributed by atoms with Crippen LogP contribution >= 0.6 is 0 Å². The molecule has 1 N–H and O–H groups in total. The number of ether oxygens (including phenoxy) is 1. The van der Waals surface area contributed by atoms with Crippen LogP contribution in [-0.4, -0.2) is 22.3 Å². The molecule has 0 spiro atoms. The monoisotopic (exact) mass is 391 g/mol. The fourth-order valence-electron chi connectivity index (χ4n) is 2.99. The molecule has 6 heteroatoms. The van der Waals surface area contributed by atoms with Gasteiger partial charge in [-0.3, -0.25) is 9.59 Å². The lowest BCUT2D eigenvalue weighted by Crippen LogP contribution is -2.23. The summed E-state index contributed by atoms with van der Waals surface area (Å²) in [5.41, 5.74) is 3.29. The van der Waals surface area contributed by atoms with Gasteiger partial charge in [0.25, 0.3) is 5.56 Å². The number of hydrogen-bond donors (Lipinski definition) is 1. The Labute approximate surface area is 170 Å². The first-order valence-electron chi connectivity index (χ1n) is 9.73. The minimum atomic E-state index is -0.182. The molecule has 6 nitrogen and oxygen atoms in total. The van der Waals surface area contributed by atoms with Crippen LogP contribution in [0.15, 0.2) is 65.5 Å². The molecule has 0 aliphatic rings. The lowest BCUT2D eigenvalue weighted by molar-refractivity contribution is -0.116. The average molecular weight is 391 g/mol. The van der Waals surface area contributed by atoms with E-state index in [-0.39, 0.29) is 11.5 Å². The fraction of sp³-hybridized carbons (Fsp3) is 0.261. The van der Waals surface area contributed by atoms with Gasteiger partial charge in [0.05, 0.1) is 12.3 Å². The number of aromatic nitrogens is 2. The van der Waals surface area contributed by atoms with E-state index < -0.39 is 0 Å². The smallest absolute Gasteiger partial charge is 0.266 e. The van der Waals surface area contributed by atoms with Crippen LogP contribution in [0, 0.1) is 6.92 Å². The molecule has 0 saturated heterocycles. The van der Waals surface area contributed by atoms with E-state index >= 15 is 0 Å². The zero-order valence-electron chi connectivity index (χ0n) is 16.7. The van der Waals surface area contributed by atoms with E-state index in [9.17, 15) is 9.59 Å². The Morgan fingerprint density at radius 2 is 1.90 bits per heavy atom. The number of nitrogens with zero attached hydrogens (tertiary/aromatic N) is 2. The van der Waals surface area contributed by atoms with E-state index in [1.54, 1.807) is 6.07 Å². The highest BCUT2D eigenvalue weighted by atomic mass is 16.5. The number of anilines is 1. The topological polar surface area (TPSA) is 73.2 Å². The lowest BCUT2D eigenvalue weighted by atomic mass is 10.1. The van der Waals surface area contributed by atoms with E-state index in [1.165, 1.54) is 10.7 Å². The van der Waals surface area contributed by atoms with E-state index in [2.05, 4.69) is 10.4 Å². The first-order valence-corrected chi connectivity index (χ1v) is 9.73. The van der Waals surface area contributed by atoms with Crippen molar-refractivity contribution in [2.75, 3.05) is 11.9 Å². The average Bonchev–Trinajstić information content (AvgIpc) is 2.70. The number of carbonyl (C=O) groups excluding carboxylic acids is 1. The first-order chi connectivity index (χ1) is 14.0. The van der Waals surface area contributed by atoms with E-state index in [0.717, 1.165) is 22.6 Å². The van der Waals surface area contributed by atoms with Gasteiger partial charge in [0.1, 0.15) is 5.75 Å². The van der Waals surface area contributed by atoms with Gasteiger partial charge in [-0.25, -0.2) is 4.68 Å². The van der Waals surface area contributed by atoms with Crippen LogP contribution in [0.5, 0.6) is 5.75 Å². The predicted molar refractivity (Wildman–Crippen MR) is 114 cm³/mol. The number of aryl methyl sites for hydroxylation is 2. The predicted octanol–water partition coefficient (Wildman–Crippen LogP) is 4.04. The van der Waals surface area contributed by atoms with Gasteiger partial charge in [-0.1, -0.05) is 12.1 Å². The number of hydrogen-bond acceptors (Lipinski definition) is 4. The van der Waals surface area contributed by atoms with E-state index in [0.29, 0.717) is 31.7 Å². The summed E-state index contributed by atoms with van der Waals surface area (Å²) in [6.45, 7) is 4.91. The molecule has 1 amide bonds. The summed E-state index contributed by atoms with van der Waals surface area (Å²) in [6, 6.07) is 18.5. The molecule has 1 heterocycles. The molecule has 3 rings (SSSR count). The van der Waals surface area contributed by atoms with Crippen LogP contribution in [0.3, 0.4) is 0 Å². The minimum Gasteiger partial charge on any atom is -0.494 e. The summed E-state index contributed by atoms with van der Waals surface area (Å²) in [5, 5.41) is 7.32. The molecule has 2 aromatic carbocycles. The number of carbonyl (C=O) groups is 1. The van der Waals surface area contributed by atoms with Crippen molar-refractivity contribution in [1.29, 1.82) is 0 Å². The second kappa shape index (κ2) is 9.68. The summed E-state index contributed by atoms with van der Waals surface area (Å²) < 4.78 is 6.86. The van der Waals surface area contributed by atoms with Crippen molar-refractivity contribution in [1.82, 2.24) is 9.78 Å². The molecule has 0 atom stereocenters. The van der Waals surface area contributed by atoms with E-state index in [1.807, 2.05) is 62.4 Å². The second-order valence-electron chi connectivity index (χ2n) is 6.76. The molecule has 0 aliphatic heterocycles. The first kappa shape index (κ1) is 20.3. The molecule has 0 fully saturated rings. The van der Waals surface area contributed by atoms with Gasteiger partial charge < -0.3 is 10.1 Å². The highest BCUT2D eigenvalue weighted by Crippen LogP contribution is 2.20. The van der Waals surface area contributed by atoms with Crippen LogP contribution < -0.4 is 15.6 Å². The van der Waals surface area contributed by atoms with Crippen LogP contribution in [0.4, 0.5) is 5.69 Å². The molecule has 0 saturated carbocycles.